The molecule has 0 atom stereocenters. The normalized spacial score (nSPS) is 13.5. The van der Waals surface area contributed by atoms with Gasteiger partial charge >= 0.3 is 12.2 Å². The number of rotatable bonds is 3. The number of carbonyl (C=O) groups is 2. The summed E-state index contributed by atoms with van der Waals surface area (Å²) >= 11 is 0. The van der Waals surface area contributed by atoms with Crippen LogP contribution in [-0.4, -0.2) is 31.6 Å². The zero-order chi connectivity index (χ0) is 20.1. The Hall–Kier alpha value is -3.47. The summed E-state index contributed by atoms with van der Waals surface area (Å²) in [5, 5.41) is 5.08. The van der Waals surface area contributed by atoms with Crippen molar-refractivity contribution in [1.82, 2.24) is 10.6 Å². The first kappa shape index (κ1) is 19.3. The van der Waals surface area contributed by atoms with Crippen molar-refractivity contribution in [2.75, 3.05) is 24.5 Å². The van der Waals surface area contributed by atoms with E-state index in [0.717, 1.165) is 17.8 Å². The summed E-state index contributed by atoms with van der Waals surface area (Å²) in [6.07, 6.45) is -4.60. The fourth-order valence-corrected chi connectivity index (χ4v) is 2.74. The topological polar surface area (TPSA) is 61.4 Å². The second-order valence-electron chi connectivity index (χ2n) is 5.96. The highest BCUT2D eigenvalue weighted by Gasteiger charge is 2.34. The van der Waals surface area contributed by atoms with Gasteiger partial charge in [0.15, 0.2) is 0 Å². The molecule has 0 unspecified atom stereocenters. The van der Waals surface area contributed by atoms with Crippen molar-refractivity contribution in [3.8, 4) is 11.8 Å². The van der Waals surface area contributed by atoms with Crippen LogP contribution in [0, 0.1) is 11.8 Å². The van der Waals surface area contributed by atoms with Gasteiger partial charge in [0.05, 0.1) is 17.7 Å². The first-order valence-corrected chi connectivity index (χ1v) is 8.45. The van der Waals surface area contributed by atoms with Gasteiger partial charge in [-0.3, -0.25) is 9.69 Å². The molecule has 5 nitrogen and oxygen atoms in total. The van der Waals surface area contributed by atoms with E-state index in [1.54, 1.807) is 29.2 Å². The minimum absolute atomic E-state index is 0.0959. The molecule has 1 heterocycles. The SMILES string of the molecule is O=C(NCC#Cc1ccc(N2CCNC2=O)cc1)c1ccccc1C(F)(F)F. The maximum absolute atomic E-state index is 13.0. The van der Waals surface area contributed by atoms with Crippen LogP contribution in [0.3, 0.4) is 0 Å². The number of urea groups is 1. The second-order valence-corrected chi connectivity index (χ2v) is 5.96. The summed E-state index contributed by atoms with van der Waals surface area (Å²) < 4.78 is 38.9. The molecule has 0 aliphatic carbocycles. The molecular weight excluding hydrogens is 371 g/mol. The van der Waals surface area contributed by atoms with E-state index in [1.165, 1.54) is 12.1 Å². The van der Waals surface area contributed by atoms with Gasteiger partial charge in [-0.2, -0.15) is 13.2 Å². The van der Waals surface area contributed by atoms with Gasteiger partial charge in [-0.25, -0.2) is 4.79 Å². The predicted molar refractivity (Wildman–Crippen MR) is 97.8 cm³/mol. The maximum atomic E-state index is 13.0. The zero-order valence-corrected chi connectivity index (χ0v) is 14.6. The first-order chi connectivity index (χ1) is 13.4. The Labute approximate surface area is 159 Å². The van der Waals surface area contributed by atoms with Crippen LogP contribution in [0.4, 0.5) is 23.7 Å². The van der Waals surface area contributed by atoms with Gasteiger partial charge in [0.1, 0.15) is 0 Å². The number of benzene rings is 2. The third-order valence-electron chi connectivity index (χ3n) is 4.08. The van der Waals surface area contributed by atoms with Gasteiger partial charge in [0.25, 0.3) is 5.91 Å². The minimum Gasteiger partial charge on any atom is -0.341 e. The number of anilines is 1. The van der Waals surface area contributed by atoms with Crippen LogP contribution in [0.2, 0.25) is 0 Å². The lowest BCUT2D eigenvalue weighted by Crippen LogP contribution is -2.27. The van der Waals surface area contributed by atoms with Crippen molar-refractivity contribution < 1.29 is 22.8 Å². The average Bonchev–Trinajstić information content (AvgIpc) is 3.11. The Kier molecular flexibility index (Phi) is 5.54. The Morgan fingerprint density at radius 1 is 1.14 bits per heavy atom. The summed E-state index contributed by atoms with van der Waals surface area (Å²) in [4.78, 5) is 25.2. The van der Waals surface area contributed by atoms with Crippen molar-refractivity contribution in [3.63, 3.8) is 0 Å². The van der Waals surface area contributed by atoms with Crippen LogP contribution >= 0.6 is 0 Å². The molecule has 3 amide bonds. The molecule has 2 aromatic rings. The van der Waals surface area contributed by atoms with Crippen LogP contribution < -0.4 is 15.5 Å². The molecule has 28 heavy (non-hydrogen) atoms. The quantitative estimate of drug-likeness (QED) is 0.796. The molecule has 0 radical (unpaired) electrons. The molecule has 2 N–H and O–H groups in total. The number of nitrogens with zero attached hydrogens (tertiary/aromatic N) is 1. The maximum Gasteiger partial charge on any atom is 0.417 e. The first-order valence-electron chi connectivity index (χ1n) is 8.45. The molecule has 1 saturated heterocycles. The van der Waals surface area contributed by atoms with E-state index < -0.39 is 23.2 Å². The van der Waals surface area contributed by atoms with Crippen LogP contribution in [0.1, 0.15) is 21.5 Å². The smallest absolute Gasteiger partial charge is 0.341 e. The molecule has 1 aliphatic rings. The Bertz CT molecular complexity index is 944. The number of alkyl halides is 3. The van der Waals surface area contributed by atoms with Gasteiger partial charge in [0, 0.05) is 24.3 Å². The standard InChI is InChI=1S/C20H16F3N3O2/c21-20(22,23)17-6-2-1-5-16(17)18(27)24-11-3-4-14-7-9-15(10-8-14)26-13-12-25-19(26)28/h1-2,5-10H,11-13H2,(H,24,27)(H,25,28). The molecule has 1 fully saturated rings. The Morgan fingerprint density at radius 3 is 2.50 bits per heavy atom. The van der Waals surface area contributed by atoms with E-state index in [4.69, 9.17) is 0 Å². The number of carbonyl (C=O) groups excluding carboxylic acids is 2. The molecule has 0 bridgehead atoms. The second kappa shape index (κ2) is 8.05. The van der Waals surface area contributed by atoms with E-state index in [2.05, 4.69) is 22.5 Å². The van der Waals surface area contributed by atoms with Crippen molar-refractivity contribution in [2.45, 2.75) is 6.18 Å². The number of halogens is 3. The minimum atomic E-state index is -4.60. The Morgan fingerprint density at radius 2 is 1.86 bits per heavy atom. The number of hydrogen-bond donors (Lipinski definition) is 2. The molecule has 144 valence electrons. The number of nitrogens with one attached hydrogen (secondary N) is 2. The lowest BCUT2D eigenvalue weighted by Gasteiger charge is -2.13. The summed E-state index contributed by atoms with van der Waals surface area (Å²) in [5.41, 5.74) is -0.0158. The van der Waals surface area contributed by atoms with E-state index >= 15 is 0 Å². The lowest BCUT2D eigenvalue weighted by molar-refractivity contribution is -0.137. The zero-order valence-electron chi connectivity index (χ0n) is 14.6. The average molecular weight is 387 g/mol. The molecule has 3 rings (SSSR count). The predicted octanol–water partition coefficient (Wildman–Crippen LogP) is 3.02. The van der Waals surface area contributed by atoms with Crippen molar-refractivity contribution in [1.29, 1.82) is 0 Å². The van der Waals surface area contributed by atoms with Gasteiger partial charge in [0.2, 0.25) is 0 Å². The van der Waals surface area contributed by atoms with Crippen LogP contribution in [0.25, 0.3) is 0 Å². The number of hydrogen-bond acceptors (Lipinski definition) is 2. The van der Waals surface area contributed by atoms with Crippen LogP contribution in [0.5, 0.6) is 0 Å². The van der Waals surface area contributed by atoms with E-state index in [-0.39, 0.29) is 12.6 Å². The van der Waals surface area contributed by atoms with E-state index in [1.807, 2.05) is 0 Å². The largest absolute Gasteiger partial charge is 0.417 e. The highest BCUT2D eigenvalue weighted by molar-refractivity contribution is 5.96. The fraction of sp³-hybridized carbons (Fsp3) is 0.200. The van der Waals surface area contributed by atoms with Crippen LogP contribution in [0.15, 0.2) is 48.5 Å². The van der Waals surface area contributed by atoms with E-state index in [9.17, 15) is 22.8 Å². The van der Waals surface area contributed by atoms with Gasteiger partial charge in [-0.15, -0.1) is 0 Å². The van der Waals surface area contributed by atoms with Gasteiger partial charge < -0.3 is 10.6 Å². The van der Waals surface area contributed by atoms with Crippen LogP contribution in [-0.2, 0) is 6.18 Å². The van der Waals surface area contributed by atoms with Crippen molar-refractivity contribution >= 4 is 17.6 Å². The number of amides is 3. The van der Waals surface area contributed by atoms with Crippen molar-refractivity contribution in [3.05, 3.63) is 65.2 Å². The highest BCUT2D eigenvalue weighted by atomic mass is 19.4. The molecular formula is C20H16F3N3O2. The summed E-state index contributed by atoms with van der Waals surface area (Å²) in [6.45, 7) is 1.09. The lowest BCUT2D eigenvalue weighted by atomic mass is 10.1. The van der Waals surface area contributed by atoms with Gasteiger partial charge in [-0.05, 0) is 36.4 Å². The summed E-state index contributed by atoms with van der Waals surface area (Å²) in [7, 11) is 0. The molecule has 0 spiro atoms. The Balaban J connectivity index is 1.60. The highest BCUT2D eigenvalue weighted by Crippen LogP contribution is 2.31. The molecule has 8 heteroatoms. The summed E-state index contributed by atoms with van der Waals surface area (Å²) in [6, 6.07) is 11.4. The molecule has 0 saturated carbocycles. The third kappa shape index (κ3) is 4.43. The molecule has 1 aliphatic heterocycles. The molecule has 2 aromatic carbocycles. The van der Waals surface area contributed by atoms with E-state index in [0.29, 0.717) is 18.7 Å². The summed E-state index contributed by atoms with van der Waals surface area (Å²) in [5.74, 6) is 4.69. The molecule has 0 aromatic heterocycles. The van der Waals surface area contributed by atoms with Gasteiger partial charge in [-0.1, -0.05) is 24.0 Å². The fourth-order valence-electron chi connectivity index (χ4n) is 2.74. The monoisotopic (exact) mass is 387 g/mol. The third-order valence-corrected chi connectivity index (χ3v) is 4.08. The van der Waals surface area contributed by atoms with Crippen molar-refractivity contribution in [2.24, 2.45) is 0 Å².